The third-order valence-electron chi connectivity index (χ3n) is 4.35. The molecule has 0 amide bonds. The Bertz CT molecular complexity index is 1010. The Balaban J connectivity index is 2.02. The van der Waals surface area contributed by atoms with Crippen molar-refractivity contribution >= 4 is 33.2 Å². The number of hydrogen-bond acceptors (Lipinski definition) is 3. The Hall–Kier alpha value is -2.91. The lowest BCUT2D eigenvalue weighted by molar-refractivity contribution is 0.305. The number of aryl methyl sites for hydroxylation is 1. The highest BCUT2D eigenvalue weighted by molar-refractivity contribution is 6.01. The normalized spacial score (nSPS) is 11.1. The SMILES string of the molecule is Cc1ccc2nc3ccccc3cc2c1N(CO)c1ccccc1. The molecule has 0 aliphatic rings. The largest absolute Gasteiger partial charge is 0.376 e. The third kappa shape index (κ3) is 2.39. The van der Waals surface area contributed by atoms with E-state index in [0.29, 0.717) is 0 Å². The molecule has 0 aliphatic heterocycles. The summed E-state index contributed by atoms with van der Waals surface area (Å²) in [4.78, 5) is 6.71. The molecule has 3 aromatic carbocycles. The number of benzene rings is 3. The second-order valence-electron chi connectivity index (χ2n) is 5.88. The second kappa shape index (κ2) is 5.95. The third-order valence-corrected chi connectivity index (χ3v) is 4.35. The van der Waals surface area contributed by atoms with E-state index in [2.05, 4.69) is 25.1 Å². The molecule has 4 rings (SSSR count). The number of para-hydroxylation sites is 2. The van der Waals surface area contributed by atoms with Crippen molar-refractivity contribution in [2.45, 2.75) is 6.92 Å². The average molecular weight is 314 g/mol. The molecule has 3 nitrogen and oxygen atoms in total. The fourth-order valence-corrected chi connectivity index (χ4v) is 3.19. The van der Waals surface area contributed by atoms with E-state index in [-0.39, 0.29) is 6.73 Å². The molecule has 0 unspecified atom stereocenters. The Morgan fingerprint density at radius 2 is 1.62 bits per heavy atom. The van der Waals surface area contributed by atoms with E-state index < -0.39 is 0 Å². The maximum atomic E-state index is 10.0. The van der Waals surface area contributed by atoms with E-state index in [0.717, 1.165) is 38.7 Å². The van der Waals surface area contributed by atoms with E-state index in [1.165, 1.54) is 0 Å². The van der Waals surface area contributed by atoms with Crippen LogP contribution in [0.1, 0.15) is 5.56 Å². The van der Waals surface area contributed by atoms with Crippen LogP contribution in [0.4, 0.5) is 11.4 Å². The minimum Gasteiger partial charge on any atom is -0.376 e. The topological polar surface area (TPSA) is 36.4 Å². The molecule has 1 aromatic heterocycles. The number of hydrogen-bond donors (Lipinski definition) is 1. The predicted molar refractivity (Wildman–Crippen MR) is 99.7 cm³/mol. The summed E-state index contributed by atoms with van der Waals surface area (Å²) in [7, 11) is 0. The zero-order valence-corrected chi connectivity index (χ0v) is 13.5. The smallest absolute Gasteiger partial charge is 0.120 e. The van der Waals surface area contributed by atoms with Gasteiger partial charge in [-0.3, -0.25) is 0 Å². The van der Waals surface area contributed by atoms with Crippen LogP contribution in [-0.4, -0.2) is 16.8 Å². The van der Waals surface area contributed by atoms with Gasteiger partial charge in [-0.15, -0.1) is 0 Å². The lowest BCUT2D eigenvalue weighted by Crippen LogP contribution is -2.19. The first-order chi connectivity index (χ1) is 11.8. The van der Waals surface area contributed by atoms with Gasteiger partial charge in [-0.05, 0) is 42.8 Å². The van der Waals surface area contributed by atoms with Gasteiger partial charge >= 0.3 is 0 Å². The van der Waals surface area contributed by atoms with Gasteiger partial charge in [-0.2, -0.15) is 0 Å². The Labute approximate surface area is 140 Å². The highest BCUT2D eigenvalue weighted by Crippen LogP contribution is 2.35. The summed E-state index contributed by atoms with van der Waals surface area (Å²) in [5, 5.41) is 12.2. The molecule has 0 aliphatic carbocycles. The van der Waals surface area contributed by atoms with Gasteiger partial charge in [0.25, 0.3) is 0 Å². The quantitative estimate of drug-likeness (QED) is 0.436. The first-order valence-electron chi connectivity index (χ1n) is 8.00. The molecule has 4 aromatic rings. The summed E-state index contributed by atoms with van der Waals surface area (Å²) >= 11 is 0. The number of fused-ring (bicyclic) bond motifs is 2. The van der Waals surface area contributed by atoms with Crippen molar-refractivity contribution < 1.29 is 5.11 Å². The Kier molecular flexibility index (Phi) is 3.63. The van der Waals surface area contributed by atoms with Crippen molar-refractivity contribution in [1.29, 1.82) is 0 Å². The summed E-state index contributed by atoms with van der Waals surface area (Å²) in [6.45, 7) is 1.98. The number of aliphatic hydroxyl groups excluding tert-OH is 1. The summed E-state index contributed by atoms with van der Waals surface area (Å²) in [6.07, 6.45) is 0. The van der Waals surface area contributed by atoms with Crippen molar-refractivity contribution in [2.24, 2.45) is 0 Å². The Morgan fingerprint density at radius 1 is 0.875 bits per heavy atom. The van der Waals surface area contributed by atoms with Crippen LogP contribution in [0.25, 0.3) is 21.8 Å². The molecular weight excluding hydrogens is 296 g/mol. The molecule has 0 atom stereocenters. The van der Waals surface area contributed by atoms with Gasteiger partial charge < -0.3 is 10.0 Å². The molecule has 0 saturated heterocycles. The molecular formula is C21H18N2O. The monoisotopic (exact) mass is 314 g/mol. The molecule has 0 saturated carbocycles. The molecule has 1 heterocycles. The van der Waals surface area contributed by atoms with E-state index in [1.807, 2.05) is 59.5 Å². The summed E-state index contributed by atoms with van der Waals surface area (Å²) < 4.78 is 0. The Morgan fingerprint density at radius 3 is 2.42 bits per heavy atom. The van der Waals surface area contributed by atoms with E-state index in [9.17, 15) is 5.11 Å². The molecule has 0 radical (unpaired) electrons. The van der Waals surface area contributed by atoms with Gasteiger partial charge in [-0.25, -0.2) is 4.98 Å². The van der Waals surface area contributed by atoms with Crippen molar-refractivity contribution in [3.05, 3.63) is 78.4 Å². The van der Waals surface area contributed by atoms with Crippen LogP contribution >= 0.6 is 0 Å². The molecule has 1 N–H and O–H groups in total. The molecule has 0 bridgehead atoms. The summed E-state index contributed by atoms with van der Waals surface area (Å²) in [5.74, 6) is 0. The number of pyridine rings is 1. The number of aliphatic hydroxyl groups is 1. The van der Waals surface area contributed by atoms with Crippen LogP contribution in [0.5, 0.6) is 0 Å². The summed E-state index contributed by atoms with van der Waals surface area (Å²) in [6, 6.07) is 24.3. The van der Waals surface area contributed by atoms with Crippen LogP contribution in [0, 0.1) is 6.92 Å². The maximum absolute atomic E-state index is 10.0. The number of aromatic nitrogens is 1. The van der Waals surface area contributed by atoms with Crippen LogP contribution in [-0.2, 0) is 0 Å². The lowest BCUT2D eigenvalue weighted by Gasteiger charge is -2.25. The van der Waals surface area contributed by atoms with Crippen molar-refractivity contribution in [3.63, 3.8) is 0 Å². The zero-order valence-electron chi connectivity index (χ0n) is 13.5. The van der Waals surface area contributed by atoms with E-state index in [1.54, 1.807) is 0 Å². The van der Waals surface area contributed by atoms with Gasteiger partial charge in [0, 0.05) is 16.5 Å². The predicted octanol–water partition coefficient (Wildman–Crippen LogP) is 4.78. The van der Waals surface area contributed by atoms with E-state index in [4.69, 9.17) is 4.98 Å². The number of nitrogens with zero attached hydrogens (tertiary/aromatic N) is 2. The average Bonchev–Trinajstić information content (AvgIpc) is 2.63. The van der Waals surface area contributed by atoms with Crippen LogP contribution in [0.3, 0.4) is 0 Å². The van der Waals surface area contributed by atoms with Crippen molar-refractivity contribution in [1.82, 2.24) is 4.98 Å². The minimum absolute atomic E-state index is 0.0865. The first-order valence-corrected chi connectivity index (χ1v) is 8.00. The molecule has 0 spiro atoms. The number of rotatable bonds is 3. The maximum Gasteiger partial charge on any atom is 0.120 e. The van der Waals surface area contributed by atoms with Gasteiger partial charge in [0.15, 0.2) is 0 Å². The zero-order chi connectivity index (χ0) is 16.5. The van der Waals surface area contributed by atoms with Gasteiger partial charge in [0.2, 0.25) is 0 Å². The molecule has 118 valence electrons. The van der Waals surface area contributed by atoms with Crippen LogP contribution in [0.15, 0.2) is 72.8 Å². The standard InChI is InChI=1S/C21H18N2O/c1-15-11-12-20-18(13-16-7-5-6-10-19(16)22-20)21(15)23(14-24)17-8-3-2-4-9-17/h2-13,24H,14H2,1H3. The fourth-order valence-electron chi connectivity index (χ4n) is 3.19. The highest BCUT2D eigenvalue weighted by Gasteiger charge is 2.15. The molecule has 3 heteroatoms. The fraction of sp³-hybridized carbons (Fsp3) is 0.0952. The first kappa shape index (κ1) is 14.7. The van der Waals surface area contributed by atoms with Crippen LogP contribution in [0.2, 0.25) is 0 Å². The minimum atomic E-state index is -0.0865. The van der Waals surface area contributed by atoms with Gasteiger partial charge in [-0.1, -0.05) is 42.5 Å². The van der Waals surface area contributed by atoms with Gasteiger partial charge in [0.1, 0.15) is 6.73 Å². The van der Waals surface area contributed by atoms with Crippen LogP contribution < -0.4 is 4.90 Å². The lowest BCUT2D eigenvalue weighted by atomic mass is 10.0. The van der Waals surface area contributed by atoms with E-state index >= 15 is 0 Å². The molecule has 24 heavy (non-hydrogen) atoms. The highest BCUT2D eigenvalue weighted by atomic mass is 16.3. The van der Waals surface area contributed by atoms with Crippen molar-refractivity contribution in [3.8, 4) is 0 Å². The second-order valence-corrected chi connectivity index (χ2v) is 5.88. The van der Waals surface area contributed by atoms with Crippen molar-refractivity contribution in [2.75, 3.05) is 11.6 Å². The summed E-state index contributed by atoms with van der Waals surface area (Å²) in [5.41, 5.74) is 4.99. The van der Waals surface area contributed by atoms with Gasteiger partial charge in [0.05, 0.1) is 16.7 Å². The number of anilines is 2. The molecule has 0 fully saturated rings.